The highest BCUT2D eigenvalue weighted by atomic mass is 32.2. The second-order valence-electron chi connectivity index (χ2n) is 10.3. The number of ketones is 1. The molecular weight excluding hydrogens is 598 g/mol. The normalized spacial score (nSPS) is 19.2. The number of ether oxygens (including phenoxy) is 2. The molecule has 45 heavy (non-hydrogen) atoms. The fourth-order valence-electron chi connectivity index (χ4n) is 5.21. The number of fused-ring (bicyclic) bond motifs is 1. The van der Waals surface area contributed by atoms with Gasteiger partial charge in [0.1, 0.15) is 17.7 Å². The van der Waals surface area contributed by atoms with Crippen LogP contribution < -0.4 is 0 Å². The first-order valence-corrected chi connectivity index (χ1v) is 15.2. The van der Waals surface area contributed by atoms with Gasteiger partial charge in [-0.2, -0.15) is 0 Å². The predicted molar refractivity (Wildman–Crippen MR) is 166 cm³/mol. The molecule has 1 amide bonds. The van der Waals surface area contributed by atoms with Gasteiger partial charge in [-0.05, 0) is 28.8 Å². The third-order valence-corrected chi connectivity index (χ3v) is 8.85. The van der Waals surface area contributed by atoms with Crippen LogP contribution in [0.1, 0.15) is 43.1 Å². The van der Waals surface area contributed by atoms with Crippen LogP contribution in [-0.2, 0) is 28.7 Å². The number of carbonyl (C=O) groups excluding carboxylic acids is 4. The molecule has 1 fully saturated rings. The van der Waals surface area contributed by atoms with Crippen molar-refractivity contribution < 1.29 is 33.6 Å². The van der Waals surface area contributed by atoms with Crippen LogP contribution in [0.2, 0.25) is 0 Å². The summed E-state index contributed by atoms with van der Waals surface area (Å²) < 4.78 is 11.3. The van der Waals surface area contributed by atoms with Gasteiger partial charge < -0.3 is 9.47 Å². The smallest absolute Gasteiger partial charge is 0.356 e. The van der Waals surface area contributed by atoms with Crippen molar-refractivity contribution in [2.75, 3.05) is 12.4 Å². The summed E-state index contributed by atoms with van der Waals surface area (Å²) in [5.41, 5.74) is 0.206. The Labute approximate surface area is 263 Å². The van der Waals surface area contributed by atoms with Crippen LogP contribution in [0.15, 0.2) is 101 Å². The zero-order valence-corrected chi connectivity index (χ0v) is 25.3. The fourth-order valence-corrected chi connectivity index (χ4v) is 6.68. The molecule has 0 unspecified atom stereocenters. The molecule has 2 aliphatic heterocycles. The average Bonchev–Trinajstić information content (AvgIpc) is 3.06. The van der Waals surface area contributed by atoms with Crippen LogP contribution in [0.4, 0.5) is 5.69 Å². The number of carbonyl (C=O) groups is 4. The Morgan fingerprint density at radius 1 is 1.04 bits per heavy atom. The SMILES string of the molecule is CCC(=O)[C@]1(N=Cc2ccc([N+](=O)[O-])cc2)C(=O)N2C(C(=O)OC(c3ccccc3)c3ccccc3)=C(COC(C)=O)CS[C@@H]21. The van der Waals surface area contributed by atoms with E-state index in [0.29, 0.717) is 22.3 Å². The molecule has 2 atom stereocenters. The lowest BCUT2D eigenvalue weighted by Crippen LogP contribution is -2.76. The largest absolute Gasteiger partial charge is 0.461 e. The van der Waals surface area contributed by atoms with Crippen molar-refractivity contribution in [1.29, 1.82) is 0 Å². The second kappa shape index (κ2) is 13.3. The number of hydrogen-bond acceptors (Lipinski definition) is 10. The van der Waals surface area contributed by atoms with Gasteiger partial charge in [0, 0.05) is 43.0 Å². The van der Waals surface area contributed by atoms with Crippen LogP contribution in [0.3, 0.4) is 0 Å². The summed E-state index contributed by atoms with van der Waals surface area (Å²) >= 11 is 1.23. The van der Waals surface area contributed by atoms with E-state index in [2.05, 4.69) is 4.99 Å². The summed E-state index contributed by atoms with van der Waals surface area (Å²) in [5.74, 6) is -2.37. The lowest BCUT2D eigenvalue weighted by molar-refractivity contribution is -0.384. The van der Waals surface area contributed by atoms with Crippen molar-refractivity contribution in [3.8, 4) is 0 Å². The molecule has 5 rings (SSSR count). The van der Waals surface area contributed by atoms with E-state index in [0.717, 1.165) is 0 Å². The van der Waals surface area contributed by atoms with Gasteiger partial charge in [-0.1, -0.05) is 67.6 Å². The van der Waals surface area contributed by atoms with Crippen LogP contribution in [-0.4, -0.2) is 62.9 Å². The molecular formula is C33H29N3O8S. The van der Waals surface area contributed by atoms with E-state index in [-0.39, 0.29) is 30.2 Å². The van der Waals surface area contributed by atoms with Crippen molar-refractivity contribution in [2.24, 2.45) is 4.99 Å². The number of nitrogens with zero attached hydrogens (tertiary/aromatic N) is 3. The van der Waals surface area contributed by atoms with Gasteiger partial charge in [-0.15, -0.1) is 11.8 Å². The van der Waals surface area contributed by atoms with Crippen LogP contribution >= 0.6 is 11.8 Å². The Morgan fingerprint density at radius 3 is 2.18 bits per heavy atom. The number of β-lactam (4-membered cyclic amide) rings is 1. The zero-order valence-electron chi connectivity index (χ0n) is 24.5. The van der Waals surface area contributed by atoms with Crippen LogP contribution in [0.25, 0.3) is 0 Å². The number of thioether (sulfide) groups is 1. The maximum Gasteiger partial charge on any atom is 0.356 e. The third kappa shape index (κ3) is 6.14. The molecule has 230 valence electrons. The molecule has 3 aromatic rings. The number of benzene rings is 3. The quantitative estimate of drug-likeness (QED) is 0.0731. The highest BCUT2D eigenvalue weighted by molar-refractivity contribution is 8.00. The molecule has 0 aromatic heterocycles. The molecule has 0 radical (unpaired) electrons. The molecule has 0 N–H and O–H groups in total. The van der Waals surface area contributed by atoms with E-state index >= 15 is 0 Å². The first kappa shape index (κ1) is 31.3. The second-order valence-corrected chi connectivity index (χ2v) is 11.4. The summed E-state index contributed by atoms with van der Waals surface area (Å²) in [6.45, 7) is 2.62. The molecule has 0 saturated carbocycles. The maximum absolute atomic E-state index is 14.1. The van der Waals surface area contributed by atoms with Crippen LogP contribution in [0.5, 0.6) is 0 Å². The van der Waals surface area contributed by atoms with E-state index in [1.807, 2.05) is 60.7 Å². The van der Waals surface area contributed by atoms with Gasteiger partial charge >= 0.3 is 11.9 Å². The monoisotopic (exact) mass is 627 g/mol. The zero-order chi connectivity index (χ0) is 32.1. The van der Waals surface area contributed by atoms with Gasteiger partial charge in [-0.3, -0.25) is 34.4 Å². The molecule has 2 heterocycles. The van der Waals surface area contributed by atoms with Crippen molar-refractivity contribution in [3.63, 3.8) is 0 Å². The van der Waals surface area contributed by atoms with Gasteiger partial charge in [0.2, 0.25) is 5.54 Å². The first-order chi connectivity index (χ1) is 21.7. The maximum atomic E-state index is 14.1. The topological polar surface area (TPSA) is 145 Å². The Bertz CT molecular complexity index is 1650. The number of aliphatic imine (C=N–C) groups is 1. The number of non-ortho nitro benzene ring substituents is 1. The first-order valence-electron chi connectivity index (χ1n) is 14.1. The minimum absolute atomic E-state index is 0.00211. The standard InChI is InChI=1S/C33H29N3O8S/c1-3-27(38)33(34-18-22-14-16-26(17-15-22)36(41)42)31(40)35-28(25(19-43-21(2)37)20-45-32(33)35)30(39)44-29(23-10-6-4-7-11-23)24-12-8-5-9-13-24/h4-18,29,32H,3,19-20H2,1-2H3/t32-,33+/m1/s1. The molecule has 12 heteroatoms. The number of hydrogen-bond donors (Lipinski definition) is 0. The van der Waals surface area contributed by atoms with E-state index in [9.17, 15) is 29.3 Å². The number of esters is 2. The van der Waals surface area contributed by atoms with Crippen molar-refractivity contribution >= 4 is 47.3 Å². The lowest BCUT2D eigenvalue weighted by Gasteiger charge is -2.54. The van der Waals surface area contributed by atoms with E-state index in [1.54, 1.807) is 6.92 Å². The Balaban J connectivity index is 1.52. The van der Waals surface area contributed by atoms with Crippen molar-refractivity contribution in [1.82, 2.24) is 4.90 Å². The van der Waals surface area contributed by atoms with Gasteiger partial charge in [0.25, 0.3) is 11.6 Å². The van der Waals surface area contributed by atoms with Gasteiger partial charge in [0.15, 0.2) is 11.9 Å². The lowest BCUT2D eigenvalue weighted by atomic mass is 9.81. The highest BCUT2D eigenvalue weighted by Gasteiger charge is 2.68. The summed E-state index contributed by atoms with van der Waals surface area (Å²) in [4.78, 5) is 69.4. The fraction of sp³-hybridized carbons (Fsp3) is 0.242. The predicted octanol–water partition coefficient (Wildman–Crippen LogP) is 4.80. The molecule has 11 nitrogen and oxygen atoms in total. The summed E-state index contributed by atoms with van der Waals surface area (Å²) in [6.07, 6.45) is 0.528. The summed E-state index contributed by atoms with van der Waals surface area (Å²) in [7, 11) is 0. The van der Waals surface area contributed by atoms with Crippen LogP contribution in [0, 0.1) is 10.1 Å². The van der Waals surface area contributed by atoms with Crippen molar-refractivity contribution in [2.45, 2.75) is 37.3 Å². The minimum atomic E-state index is -1.82. The van der Waals surface area contributed by atoms with Gasteiger partial charge in [0.05, 0.1) is 4.92 Å². The number of nitro groups is 1. The van der Waals surface area contributed by atoms with E-state index < -0.39 is 45.6 Å². The number of Topliss-reactive ketones (excluding diaryl/α,β-unsaturated/α-hetero) is 1. The molecule has 1 saturated heterocycles. The number of amides is 1. The third-order valence-electron chi connectivity index (χ3n) is 7.47. The molecule has 0 spiro atoms. The highest BCUT2D eigenvalue weighted by Crippen LogP contribution is 2.49. The van der Waals surface area contributed by atoms with Gasteiger partial charge in [-0.25, -0.2) is 4.79 Å². The summed E-state index contributed by atoms with van der Waals surface area (Å²) in [6, 6.07) is 23.8. The Morgan fingerprint density at radius 2 is 1.64 bits per heavy atom. The van der Waals surface area contributed by atoms with Crippen molar-refractivity contribution in [3.05, 3.63) is 123 Å². The number of nitro benzene ring substituents is 1. The molecule has 2 aliphatic rings. The van der Waals surface area contributed by atoms with E-state index in [4.69, 9.17) is 9.47 Å². The molecule has 0 bridgehead atoms. The minimum Gasteiger partial charge on any atom is -0.461 e. The Kier molecular flexibility index (Phi) is 9.24. The van der Waals surface area contributed by atoms with E-state index in [1.165, 1.54) is 54.1 Å². The number of rotatable bonds is 11. The molecule has 3 aromatic carbocycles. The summed E-state index contributed by atoms with van der Waals surface area (Å²) in [5, 5.41) is 10.2. The average molecular weight is 628 g/mol. The molecule has 0 aliphatic carbocycles. The Hall–Kier alpha value is -5.10.